The third-order valence-corrected chi connectivity index (χ3v) is 4.85. The lowest BCUT2D eigenvalue weighted by molar-refractivity contribution is 0.401. The van der Waals surface area contributed by atoms with Crippen LogP contribution in [0.5, 0.6) is 0 Å². The van der Waals surface area contributed by atoms with Gasteiger partial charge in [-0.25, -0.2) is 4.39 Å². The predicted octanol–water partition coefficient (Wildman–Crippen LogP) is 3.76. The lowest BCUT2D eigenvalue weighted by Crippen LogP contribution is -2.30. The highest BCUT2D eigenvalue weighted by molar-refractivity contribution is 8.00. The normalized spacial score (nSPS) is 24.9. The number of benzene rings is 1. The van der Waals surface area contributed by atoms with Crippen molar-refractivity contribution in [1.82, 2.24) is 5.32 Å². The lowest BCUT2D eigenvalue weighted by atomic mass is 9.95. The Morgan fingerprint density at radius 3 is 2.53 bits per heavy atom. The van der Waals surface area contributed by atoms with Crippen LogP contribution in [0.3, 0.4) is 0 Å². The van der Waals surface area contributed by atoms with Crippen molar-refractivity contribution in [3.63, 3.8) is 0 Å². The molecule has 0 amide bonds. The first kappa shape index (κ1) is 12.9. The number of hydrogen-bond donors (Lipinski definition) is 1. The largest absolute Gasteiger partial charge is 0.317 e. The number of thioether (sulfide) groups is 1. The van der Waals surface area contributed by atoms with Gasteiger partial charge in [0.2, 0.25) is 0 Å². The summed E-state index contributed by atoms with van der Waals surface area (Å²) in [5.41, 5.74) is 0.749. The van der Waals surface area contributed by atoms with Crippen LogP contribution >= 0.6 is 11.8 Å². The van der Waals surface area contributed by atoms with Gasteiger partial charge in [-0.05, 0) is 63.4 Å². The monoisotopic (exact) mass is 253 g/mol. The average Bonchev–Trinajstić information content (AvgIpc) is 2.35. The summed E-state index contributed by atoms with van der Waals surface area (Å²) in [6, 6.07) is 6.14. The highest BCUT2D eigenvalue weighted by Gasteiger charge is 2.20. The summed E-state index contributed by atoms with van der Waals surface area (Å²) in [4.78, 5) is 1.21. The summed E-state index contributed by atoms with van der Waals surface area (Å²) in [6.07, 6.45) is 5.03. The molecule has 1 N–H and O–H groups in total. The SMILES string of the molecule is CNC1CCC(Sc2ccc(F)c(C)c2)CC1. The van der Waals surface area contributed by atoms with E-state index in [0.717, 1.165) is 5.56 Å². The van der Waals surface area contributed by atoms with Gasteiger partial charge in [0.25, 0.3) is 0 Å². The minimum absolute atomic E-state index is 0.103. The van der Waals surface area contributed by atoms with Gasteiger partial charge >= 0.3 is 0 Å². The summed E-state index contributed by atoms with van der Waals surface area (Å²) in [5, 5.41) is 4.04. The second kappa shape index (κ2) is 5.87. The van der Waals surface area contributed by atoms with E-state index in [2.05, 4.69) is 5.32 Å². The van der Waals surface area contributed by atoms with Crippen molar-refractivity contribution in [1.29, 1.82) is 0 Å². The minimum Gasteiger partial charge on any atom is -0.317 e. The first-order valence-corrected chi connectivity index (χ1v) is 7.17. The molecule has 1 aromatic carbocycles. The molecule has 2 rings (SSSR count). The third-order valence-electron chi connectivity index (χ3n) is 3.51. The van der Waals surface area contributed by atoms with E-state index < -0.39 is 0 Å². The fourth-order valence-corrected chi connectivity index (χ4v) is 3.64. The van der Waals surface area contributed by atoms with Gasteiger partial charge in [0.05, 0.1) is 0 Å². The van der Waals surface area contributed by atoms with Crippen LogP contribution in [0.4, 0.5) is 4.39 Å². The molecule has 1 aliphatic carbocycles. The number of halogens is 1. The molecule has 17 heavy (non-hydrogen) atoms. The Bertz CT molecular complexity index is 372. The number of rotatable bonds is 3. The van der Waals surface area contributed by atoms with Gasteiger partial charge in [-0.3, -0.25) is 0 Å². The van der Waals surface area contributed by atoms with Crippen LogP contribution in [0.25, 0.3) is 0 Å². The van der Waals surface area contributed by atoms with Crippen molar-refractivity contribution < 1.29 is 4.39 Å². The number of hydrogen-bond acceptors (Lipinski definition) is 2. The van der Waals surface area contributed by atoms with E-state index in [-0.39, 0.29) is 5.82 Å². The van der Waals surface area contributed by atoms with Gasteiger partial charge in [-0.1, -0.05) is 0 Å². The summed E-state index contributed by atoms with van der Waals surface area (Å²) >= 11 is 1.91. The van der Waals surface area contributed by atoms with Crippen LogP contribution in [0.1, 0.15) is 31.2 Å². The third kappa shape index (κ3) is 3.46. The number of aryl methyl sites for hydroxylation is 1. The Morgan fingerprint density at radius 2 is 1.94 bits per heavy atom. The molecule has 0 heterocycles. The van der Waals surface area contributed by atoms with Crippen molar-refractivity contribution in [3.05, 3.63) is 29.6 Å². The summed E-state index contributed by atoms with van der Waals surface area (Å²) < 4.78 is 13.2. The quantitative estimate of drug-likeness (QED) is 0.880. The molecule has 0 bridgehead atoms. The van der Waals surface area contributed by atoms with Crippen LogP contribution in [0.2, 0.25) is 0 Å². The molecular formula is C14H20FNS. The topological polar surface area (TPSA) is 12.0 Å². The van der Waals surface area contributed by atoms with E-state index in [0.29, 0.717) is 11.3 Å². The zero-order valence-electron chi connectivity index (χ0n) is 10.5. The van der Waals surface area contributed by atoms with Crippen molar-refractivity contribution in [2.75, 3.05) is 7.05 Å². The van der Waals surface area contributed by atoms with Crippen molar-refractivity contribution in [3.8, 4) is 0 Å². The highest BCUT2D eigenvalue weighted by atomic mass is 32.2. The van der Waals surface area contributed by atoms with Gasteiger partial charge < -0.3 is 5.32 Å². The second-order valence-electron chi connectivity index (χ2n) is 4.79. The van der Waals surface area contributed by atoms with Gasteiger partial charge in [-0.2, -0.15) is 0 Å². The molecule has 1 saturated carbocycles. The van der Waals surface area contributed by atoms with E-state index in [1.54, 1.807) is 6.07 Å². The second-order valence-corrected chi connectivity index (χ2v) is 6.16. The standard InChI is InChI=1S/C14H20FNS/c1-10-9-13(7-8-14(10)15)17-12-5-3-11(16-2)4-6-12/h7-9,11-12,16H,3-6H2,1-2H3. The summed E-state index contributed by atoms with van der Waals surface area (Å²) in [5.74, 6) is -0.103. The molecule has 94 valence electrons. The van der Waals surface area contributed by atoms with E-state index >= 15 is 0 Å². The van der Waals surface area contributed by atoms with Crippen LogP contribution < -0.4 is 5.32 Å². The molecule has 0 radical (unpaired) electrons. The fraction of sp³-hybridized carbons (Fsp3) is 0.571. The van der Waals surface area contributed by atoms with Gasteiger partial charge in [-0.15, -0.1) is 11.8 Å². The fourth-order valence-electron chi connectivity index (χ4n) is 2.35. The lowest BCUT2D eigenvalue weighted by Gasteiger charge is -2.27. The maximum Gasteiger partial charge on any atom is 0.126 e. The molecule has 1 fully saturated rings. The van der Waals surface area contributed by atoms with E-state index in [4.69, 9.17) is 0 Å². The van der Waals surface area contributed by atoms with Crippen LogP contribution in [-0.4, -0.2) is 18.3 Å². The van der Waals surface area contributed by atoms with E-state index in [1.807, 2.05) is 37.9 Å². The Balaban J connectivity index is 1.91. The van der Waals surface area contributed by atoms with Gasteiger partial charge in [0.1, 0.15) is 5.82 Å². The van der Waals surface area contributed by atoms with E-state index in [9.17, 15) is 4.39 Å². The van der Waals surface area contributed by atoms with Crippen molar-refractivity contribution in [2.24, 2.45) is 0 Å². The smallest absolute Gasteiger partial charge is 0.126 e. The molecule has 0 saturated heterocycles. The average molecular weight is 253 g/mol. The minimum atomic E-state index is -0.103. The molecule has 0 spiro atoms. The maximum absolute atomic E-state index is 13.2. The zero-order chi connectivity index (χ0) is 12.3. The first-order valence-electron chi connectivity index (χ1n) is 6.29. The van der Waals surface area contributed by atoms with Crippen LogP contribution in [0, 0.1) is 12.7 Å². The molecule has 0 aromatic heterocycles. The Labute approximate surface area is 107 Å². The predicted molar refractivity (Wildman–Crippen MR) is 72.1 cm³/mol. The molecule has 0 atom stereocenters. The first-order chi connectivity index (χ1) is 8.19. The van der Waals surface area contributed by atoms with Crippen LogP contribution in [0.15, 0.2) is 23.1 Å². The molecule has 1 aliphatic rings. The molecular weight excluding hydrogens is 233 g/mol. The van der Waals surface area contributed by atoms with Crippen molar-refractivity contribution in [2.45, 2.75) is 48.8 Å². The van der Waals surface area contributed by atoms with Gasteiger partial charge in [0, 0.05) is 16.2 Å². The highest BCUT2D eigenvalue weighted by Crippen LogP contribution is 2.34. The zero-order valence-corrected chi connectivity index (χ0v) is 11.3. The molecule has 1 aromatic rings. The Morgan fingerprint density at radius 1 is 1.24 bits per heavy atom. The van der Waals surface area contributed by atoms with E-state index in [1.165, 1.54) is 30.6 Å². The molecule has 1 nitrogen and oxygen atoms in total. The maximum atomic E-state index is 13.2. The molecule has 0 aliphatic heterocycles. The molecule has 0 unspecified atom stereocenters. The molecule has 3 heteroatoms. The van der Waals surface area contributed by atoms with Crippen LogP contribution in [-0.2, 0) is 0 Å². The summed E-state index contributed by atoms with van der Waals surface area (Å²) in [7, 11) is 2.04. The van der Waals surface area contributed by atoms with Crippen molar-refractivity contribution >= 4 is 11.8 Å². The number of nitrogens with one attached hydrogen (secondary N) is 1. The summed E-state index contributed by atoms with van der Waals surface area (Å²) in [6.45, 7) is 1.83. The van der Waals surface area contributed by atoms with Gasteiger partial charge in [0.15, 0.2) is 0 Å². The Hall–Kier alpha value is -0.540. The Kier molecular flexibility index (Phi) is 4.46.